The summed E-state index contributed by atoms with van der Waals surface area (Å²) in [7, 11) is 1.68. The van der Waals surface area contributed by atoms with Gasteiger partial charge in [-0.1, -0.05) is 12.1 Å². The van der Waals surface area contributed by atoms with E-state index in [-0.39, 0.29) is 18.3 Å². The van der Waals surface area contributed by atoms with E-state index in [2.05, 4.69) is 21.5 Å². The van der Waals surface area contributed by atoms with E-state index >= 15 is 0 Å². The second kappa shape index (κ2) is 9.53. The van der Waals surface area contributed by atoms with Crippen LogP contribution >= 0.6 is 11.3 Å². The number of benzene rings is 1. The maximum Gasteiger partial charge on any atom is 0.321 e. The average molecular weight is 374 g/mol. The van der Waals surface area contributed by atoms with Gasteiger partial charge in [0, 0.05) is 31.8 Å². The second-order valence-electron chi connectivity index (χ2n) is 5.54. The summed E-state index contributed by atoms with van der Waals surface area (Å²) >= 11 is 1.26. The van der Waals surface area contributed by atoms with E-state index in [9.17, 15) is 14.0 Å². The Morgan fingerprint density at radius 3 is 2.96 bits per heavy atom. The number of thiazole rings is 1. The number of amides is 3. The molecule has 0 radical (unpaired) electrons. The van der Waals surface area contributed by atoms with Crippen LogP contribution in [0.3, 0.4) is 0 Å². The quantitative estimate of drug-likeness (QED) is 0.732. The van der Waals surface area contributed by atoms with Crippen LogP contribution in [0.25, 0.3) is 0 Å². The van der Waals surface area contributed by atoms with E-state index in [4.69, 9.17) is 6.42 Å². The number of nitrogens with one attached hydrogen (secondary N) is 2. The van der Waals surface area contributed by atoms with Crippen molar-refractivity contribution in [3.63, 3.8) is 0 Å². The Labute approximate surface area is 155 Å². The predicted molar refractivity (Wildman–Crippen MR) is 98.9 cm³/mol. The van der Waals surface area contributed by atoms with Crippen molar-refractivity contribution in [3.8, 4) is 12.3 Å². The largest absolute Gasteiger partial charge is 0.340 e. The number of urea groups is 1. The molecule has 8 heteroatoms. The molecule has 6 nitrogen and oxygen atoms in total. The molecule has 0 saturated carbocycles. The van der Waals surface area contributed by atoms with Gasteiger partial charge in [-0.15, -0.1) is 23.7 Å². The molecule has 0 fully saturated rings. The number of rotatable bonds is 7. The molecule has 0 aliphatic heterocycles. The summed E-state index contributed by atoms with van der Waals surface area (Å²) in [5.74, 6) is 2.02. The van der Waals surface area contributed by atoms with Gasteiger partial charge in [0.05, 0.1) is 12.2 Å². The molecule has 2 N–H and O–H groups in total. The SMILES string of the molecule is C#CCCC(=O)N(C)Cc1csc(NC(=O)NCc2cccc(F)c2)n1. The Hall–Kier alpha value is -2.92. The first-order chi connectivity index (χ1) is 12.5. The first-order valence-corrected chi connectivity index (χ1v) is 8.77. The van der Waals surface area contributed by atoms with Crippen molar-refractivity contribution in [2.45, 2.75) is 25.9 Å². The summed E-state index contributed by atoms with van der Waals surface area (Å²) in [6.07, 6.45) is 5.85. The molecule has 0 atom stereocenters. The van der Waals surface area contributed by atoms with Gasteiger partial charge >= 0.3 is 6.03 Å². The Morgan fingerprint density at radius 2 is 2.23 bits per heavy atom. The third-order valence-corrected chi connectivity index (χ3v) is 4.23. The number of hydrogen-bond acceptors (Lipinski definition) is 4. The number of aromatic nitrogens is 1. The normalized spacial score (nSPS) is 10.0. The highest BCUT2D eigenvalue weighted by Gasteiger charge is 2.12. The standard InChI is InChI=1S/C18H19FN4O2S/c1-3-4-8-16(24)23(2)11-15-12-26-18(21-15)22-17(25)20-10-13-6-5-7-14(19)9-13/h1,5-7,9,12H,4,8,10-11H2,2H3,(H2,20,21,22,25). The molecule has 0 aliphatic carbocycles. The molecule has 2 aromatic rings. The van der Waals surface area contributed by atoms with Crippen molar-refractivity contribution < 1.29 is 14.0 Å². The van der Waals surface area contributed by atoms with Crippen LogP contribution in [-0.2, 0) is 17.9 Å². The van der Waals surface area contributed by atoms with Crippen LogP contribution in [0, 0.1) is 18.2 Å². The maximum absolute atomic E-state index is 13.1. The molecule has 0 bridgehead atoms. The summed E-state index contributed by atoms with van der Waals surface area (Å²) in [5.41, 5.74) is 1.33. The fraction of sp³-hybridized carbons (Fsp3) is 0.278. The van der Waals surface area contributed by atoms with Crippen LogP contribution in [0.2, 0.25) is 0 Å². The summed E-state index contributed by atoms with van der Waals surface area (Å²) in [6, 6.07) is 5.56. The van der Waals surface area contributed by atoms with Gasteiger partial charge in [0.25, 0.3) is 0 Å². The van der Waals surface area contributed by atoms with Crippen molar-refractivity contribution in [2.24, 2.45) is 0 Å². The van der Waals surface area contributed by atoms with E-state index in [0.717, 1.165) is 0 Å². The van der Waals surface area contributed by atoms with Gasteiger partial charge in [-0.05, 0) is 17.7 Å². The van der Waals surface area contributed by atoms with Crippen LogP contribution in [0.1, 0.15) is 24.1 Å². The van der Waals surface area contributed by atoms with Crippen molar-refractivity contribution in [1.29, 1.82) is 0 Å². The van der Waals surface area contributed by atoms with Gasteiger partial charge in [0.2, 0.25) is 5.91 Å². The molecule has 136 valence electrons. The lowest BCUT2D eigenvalue weighted by atomic mass is 10.2. The van der Waals surface area contributed by atoms with E-state index in [1.807, 2.05) is 0 Å². The van der Waals surface area contributed by atoms with Crippen LogP contribution in [0.5, 0.6) is 0 Å². The first-order valence-electron chi connectivity index (χ1n) is 7.89. The molecular formula is C18H19FN4O2S. The van der Waals surface area contributed by atoms with Gasteiger partial charge in [-0.25, -0.2) is 14.2 Å². The molecule has 3 amide bonds. The van der Waals surface area contributed by atoms with Crippen LogP contribution in [0.4, 0.5) is 14.3 Å². The summed E-state index contributed by atoms with van der Waals surface area (Å²) < 4.78 is 13.1. The molecule has 1 aromatic carbocycles. The number of terminal acetylenes is 1. The highest BCUT2D eigenvalue weighted by molar-refractivity contribution is 7.13. The van der Waals surface area contributed by atoms with Gasteiger partial charge < -0.3 is 10.2 Å². The van der Waals surface area contributed by atoms with Gasteiger partial charge in [-0.3, -0.25) is 10.1 Å². The molecule has 1 aromatic heterocycles. The molecule has 0 saturated heterocycles. The Balaban J connectivity index is 1.81. The monoisotopic (exact) mass is 374 g/mol. The van der Waals surface area contributed by atoms with Crippen LogP contribution in [-0.4, -0.2) is 28.9 Å². The summed E-state index contributed by atoms with van der Waals surface area (Å²) in [4.78, 5) is 29.5. The number of nitrogens with zero attached hydrogens (tertiary/aromatic N) is 2. The van der Waals surface area contributed by atoms with Gasteiger partial charge in [0.15, 0.2) is 5.13 Å². The van der Waals surface area contributed by atoms with Gasteiger partial charge in [-0.2, -0.15) is 0 Å². The molecule has 0 spiro atoms. The fourth-order valence-corrected chi connectivity index (χ4v) is 2.81. The Morgan fingerprint density at radius 1 is 1.42 bits per heavy atom. The predicted octanol–water partition coefficient (Wildman–Crippen LogP) is 2.98. The van der Waals surface area contributed by atoms with Crippen molar-refractivity contribution in [1.82, 2.24) is 15.2 Å². The molecule has 0 aliphatic rings. The van der Waals surface area contributed by atoms with Crippen molar-refractivity contribution >= 4 is 28.4 Å². The third kappa shape index (κ3) is 6.18. The highest BCUT2D eigenvalue weighted by atomic mass is 32.1. The first kappa shape index (κ1) is 19.4. The van der Waals surface area contributed by atoms with E-state index in [1.165, 1.54) is 23.5 Å². The lowest BCUT2D eigenvalue weighted by Crippen LogP contribution is -2.28. The summed E-state index contributed by atoms with van der Waals surface area (Å²) in [6.45, 7) is 0.542. The minimum Gasteiger partial charge on any atom is -0.340 e. The minimum atomic E-state index is -0.436. The lowest BCUT2D eigenvalue weighted by Gasteiger charge is -2.14. The minimum absolute atomic E-state index is 0.0571. The number of hydrogen-bond donors (Lipinski definition) is 2. The smallest absolute Gasteiger partial charge is 0.321 e. The molecule has 1 heterocycles. The van der Waals surface area contributed by atoms with E-state index < -0.39 is 6.03 Å². The Kier molecular flexibility index (Phi) is 7.12. The second-order valence-corrected chi connectivity index (χ2v) is 6.39. The molecule has 0 unspecified atom stereocenters. The van der Waals surface area contributed by atoms with Gasteiger partial charge in [0.1, 0.15) is 5.82 Å². The molecule has 26 heavy (non-hydrogen) atoms. The van der Waals surface area contributed by atoms with E-state index in [0.29, 0.717) is 35.8 Å². The van der Waals surface area contributed by atoms with Crippen LogP contribution in [0.15, 0.2) is 29.6 Å². The summed E-state index contributed by atoms with van der Waals surface area (Å²) in [5, 5.41) is 7.44. The number of anilines is 1. The molecular weight excluding hydrogens is 355 g/mol. The number of carbonyl (C=O) groups excluding carboxylic acids is 2. The number of carbonyl (C=O) groups is 2. The zero-order chi connectivity index (χ0) is 18.9. The highest BCUT2D eigenvalue weighted by Crippen LogP contribution is 2.16. The topological polar surface area (TPSA) is 74.3 Å². The molecule has 2 rings (SSSR count). The zero-order valence-corrected chi connectivity index (χ0v) is 15.1. The average Bonchev–Trinajstić information content (AvgIpc) is 3.04. The zero-order valence-electron chi connectivity index (χ0n) is 14.3. The maximum atomic E-state index is 13.1. The lowest BCUT2D eigenvalue weighted by molar-refractivity contribution is -0.130. The van der Waals surface area contributed by atoms with Crippen molar-refractivity contribution in [2.75, 3.05) is 12.4 Å². The number of halogens is 1. The third-order valence-electron chi connectivity index (χ3n) is 3.42. The Bertz CT molecular complexity index is 816. The van der Waals surface area contributed by atoms with Crippen molar-refractivity contribution in [3.05, 3.63) is 46.7 Å². The van der Waals surface area contributed by atoms with Crippen LogP contribution < -0.4 is 10.6 Å². The van der Waals surface area contributed by atoms with E-state index in [1.54, 1.807) is 29.5 Å². The fourth-order valence-electron chi connectivity index (χ4n) is 2.11.